The zero-order chi connectivity index (χ0) is 16.3. The van der Waals surface area contributed by atoms with Gasteiger partial charge in [0.2, 0.25) is 10.0 Å². The van der Waals surface area contributed by atoms with Crippen LogP contribution < -0.4 is 4.72 Å². The van der Waals surface area contributed by atoms with E-state index in [-0.39, 0.29) is 6.04 Å². The summed E-state index contributed by atoms with van der Waals surface area (Å²) in [6, 6.07) is 16.9. The summed E-state index contributed by atoms with van der Waals surface area (Å²) in [6.45, 7) is 2.50. The van der Waals surface area contributed by atoms with Crippen molar-refractivity contribution in [3.05, 3.63) is 64.6 Å². The van der Waals surface area contributed by atoms with Crippen LogP contribution in [0.2, 0.25) is 0 Å². The highest BCUT2D eigenvalue weighted by Crippen LogP contribution is 2.18. The van der Waals surface area contributed by atoms with E-state index in [1.807, 2.05) is 18.2 Å². The molecule has 0 aliphatic carbocycles. The maximum Gasteiger partial charge on any atom is 0.240 e. The number of likely N-dealkylation sites (tertiary alicyclic amines) is 1. The van der Waals surface area contributed by atoms with Crippen LogP contribution in [0.15, 0.2) is 64.0 Å². The summed E-state index contributed by atoms with van der Waals surface area (Å²) in [5.74, 6) is 0. The molecular formula is C17H19BrN2O2S. The Kier molecular flexibility index (Phi) is 5.16. The van der Waals surface area contributed by atoms with Crippen LogP contribution in [-0.4, -0.2) is 32.4 Å². The lowest BCUT2D eigenvalue weighted by Gasteiger charge is -2.17. The second-order valence-corrected chi connectivity index (χ2v) is 8.41. The van der Waals surface area contributed by atoms with Gasteiger partial charge in [0.1, 0.15) is 0 Å². The van der Waals surface area contributed by atoms with Gasteiger partial charge in [0, 0.05) is 30.1 Å². The van der Waals surface area contributed by atoms with Crippen molar-refractivity contribution in [3.63, 3.8) is 0 Å². The summed E-state index contributed by atoms with van der Waals surface area (Å²) in [5.41, 5.74) is 1.25. The lowest BCUT2D eigenvalue weighted by atomic mass is 10.2. The summed E-state index contributed by atoms with van der Waals surface area (Å²) < 4.78 is 28.5. The average Bonchev–Trinajstić information content (AvgIpc) is 2.95. The first kappa shape index (κ1) is 16.6. The number of rotatable bonds is 5. The number of nitrogens with zero attached hydrogens (tertiary/aromatic N) is 1. The van der Waals surface area contributed by atoms with Crippen LogP contribution in [0.5, 0.6) is 0 Å². The predicted molar refractivity (Wildman–Crippen MR) is 94.6 cm³/mol. The van der Waals surface area contributed by atoms with Crippen molar-refractivity contribution >= 4 is 26.0 Å². The van der Waals surface area contributed by atoms with E-state index in [0.717, 1.165) is 30.5 Å². The topological polar surface area (TPSA) is 49.4 Å². The number of benzene rings is 2. The van der Waals surface area contributed by atoms with Crippen LogP contribution in [0.1, 0.15) is 12.0 Å². The molecule has 1 N–H and O–H groups in total. The lowest BCUT2D eigenvalue weighted by molar-refractivity contribution is 0.324. The van der Waals surface area contributed by atoms with Crippen molar-refractivity contribution in [2.75, 3.05) is 13.1 Å². The Labute approximate surface area is 145 Å². The fraction of sp³-hybridized carbons (Fsp3) is 0.294. The smallest absolute Gasteiger partial charge is 0.240 e. The molecule has 2 aromatic carbocycles. The zero-order valence-corrected chi connectivity index (χ0v) is 15.1. The Hall–Kier alpha value is -1.21. The molecule has 122 valence electrons. The van der Waals surface area contributed by atoms with Crippen molar-refractivity contribution in [1.82, 2.24) is 9.62 Å². The van der Waals surface area contributed by atoms with Gasteiger partial charge in [-0.15, -0.1) is 0 Å². The van der Waals surface area contributed by atoms with E-state index in [1.165, 1.54) is 5.56 Å². The fourth-order valence-corrected chi connectivity index (χ4v) is 4.34. The van der Waals surface area contributed by atoms with Crippen LogP contribution in [0.25, 0.3) is 0 Å². The van der Waals surface area contributed by atoms with Crippen molar-refractivity contribution in [1.29, 1.82) is 0 Å². The van der Waals surface area contributed by atoms with E-state index in [4.69, 9.17) is 0 Å². The quantitative estimate of drug-likeness (QED) is 0.847. The third kappa shape index (κ3) is 4.41. The van der Waals surface area contributed by atoms with Crippen molar-refractivity contribution in [3.8, 4) is 0 Å². The molecule has 0 saturated carbocycles. The minimum Gasteiger partial charge on any atom is -0.297 e. The van der Waals surface area contributed by atoms with E-state index < -0.39 is 10.0 Å². The molecule has 1 heterocycles. The van der Waals surface area contributed by atoms with Gasteiger partial charge in [-0.3, -0.25) is 4.90 Å². The van der Waals surface area contributed by atoms with Crippen LogP contribution in [-0.2, 0) is 16.6 Å². The van der Waals surface area contributed by atoms with Gasteiger partial charge in [-0.2, -0.15) is 0 Å². The summed E-state index contributed by atoms with van der Waals surface area (Å²) in [4.78, 5) is 2.59. The highest BCUT2D eigenvalue weighted by molar-refractivity contribution is 9.10. The molecule has 1 fully saturated rings. The Bertz CT molecular complexity index is 748. The zero-order valence-electron chi connectivity index (χ0n) is 12.7. The van der Waals surface area contributed by atoms with Gasteiger partial charge in [-0.1, -0.05) is 46.3 Å². The molecule has 23 heavy (non-hydrogen) atoms. The van der Waals surface area contributed by atoms with E-state index in [0.29, 0.717) is 4.90 Å². The molecule has 0 bridgehead atoms. The van der Waals surface area contributed by atoms with Crippen LogP contribution in [0, 0.1) is 0 Å². The van der Waals surface area contributed by atoms with Gasteiger partial charge in [-0.05, 0) is 36.2 Å². The first-order valence-corrected chi connectivity index (χ1v) is 9.85. The Morgan fingerprint density at radius 3 is 2.48 bits per heavy atom. The summed E-state index contributed by atoms with van der Waals surface area (Å²) in [7, 11) is -3.45. The molecule has 0 radical (unpaired) electrons. The van der Waals surface area contributed by atoms with Gasteiger partial charge in [0.15, 0.2) is 0 Å². The first-order chi connectivity index (χ1) is 11.0. The summed E-state index contributed by atoms with van der Waals surface area (Å²) in [6.07, 6.45) is 0.836. The number of halogens is 1. The Morgan fingerprint density at radius 1 is 1.09 bits per heavy atom. The third-order valence-electron chi connectivity index (χ3n) is 3.97. The van der Waals surface area contributed by atoms with Crippen molar-refractivity contribution in [2.24, 2.45) is 0 Å². The molecule has 1 aliphatic heterocycles. The molecule has 0 amide bonds. The molecule has 0 aromatic heterocycles. The first-order valence-electron chi connectivity index (χ1n) is 7.57. The minimum absolute atomic E-state index is 0.0349. The van der Waals surface area contributed by atoms with Crippen LogP contribution >= 0.6 is 15.9 Å². The molecule has 1 saturated heterocycles. The van der Waals surface area contributed by atoms with Crippen LogP contribution in [0.4, 0.5) is 0 Å². The van der Waals surface area contributed by atoms with E-state index in [1.54, 1.807) is 24.3 Å². The second-order valence-electron chi connectivity index (χ2n) is 5.78. The average molecular weight is 395 g/mol. The van der Waals surface area contributed by atoms with Gasteiger partial charge >= 0.3 is 0 Å². The molecule has 0 spiro atoms. The molecule has 3 rings (SSSR count). The van der Waals surface area contributed by atoms with Crippen LogP contribution in [0.3, 0.4) is 0 Å². The molecule has 4 nitrogen and oxygen atoms in total. The SMILES string of the molecule is O=S(=O)(N[C@H]1CCN(Cc2ccccc2)C1)c1ccc(Br)cc1. The van der Waals surface area contributed by atoms with E-state index in [9.17, 15) is 8.42 Å². The molecule has 2 aromatic rings. The third-order valence-corrected chi connectivity index (χ3v) is 6.03. The molecule has 1 aliphatic rings. The molecule has 0 unspecified atom stereocenters. The fourth-order valence-electron chi connectivity index (χ4n) is 2.82. The number of sulfonamides is 1. The normalized spacial score (nSPS) is 19.1. The maximum absolute atomic E-state index is 12.4. The van der Waals surface area contributed by atoms with Gasteiger partial charge < -0.3 is 0 Å². The van der Waals surface area contributed by atoms with Crippen molar-refractivity contribution in [2.45, 2.75) is 23.9 Å². The Morgan fingerprint density at radius 2 is 1.78 bits per heavy atom. The number of hydrogen-bond donors (Lipinski definition) is 1. The predicted octanol–water partition coefficient (Wildman–Crippen LogP) is 3.00. The van der Waals surface area contributed by atoms with Gasteiger partial charge in [0.05, 0.1) is 4.90 Å². The highest BCUT2D eigenvalue weighted by Gasteiger charge is 2.27. The number of hydrogen-bond acceptors (Lipinski definition) is 3. The van der Waals surface area contributed by atoms with Crippen molar-refractivity contribution < 1.29 is 8.42 Å². The van der Waals surface area contributed by atoms with E-state index >= 15 is 0 Å². The monoisotopic (exact) mass is 394 g/mol. The van der Waals surface area contributed by atoms with Gasteiger partial charge in [-0.25, -0.2) is 13.1 Å². The van der Waals surface area contributed by atoms with Gasteiger partial charge in [0.25, 0.3) is 0 Å². The standard InChI is InChI=1S/C17H19BrN2O2S/c18-15-6-8-17(9-7-15)23(21,22)19-16-10-11-20(13-16)12-14-4-2-1-3-5-14/h1-9,16,19H,10-13H2/t16-/m0/s1. The number of nitrogens with one attached hydrogen (secondary N) is 1. The molecular weight excluding hydrogens is 376 g/mol. The summed E-state index contributed by atoms with van der Waals surface area (Å²) in [5, 5.41) is 0. The highest BCUT2D eigenvalue weighted by atomic mass is 79.9. The maximum atomic E-state index is 12.4. The lowest BCUT2D eigenvalue weighted by Crippen LogP contribution is -2.36. The molecule has 1 atom stereocenters. The Balaban J connectivity index is 1.60. The molecule has 6 heteroatoms. The summed E-state index contributed by atoms with van der Waals surface area (Å²) >= 11 is 3.32. The largest absolute Gasteiger partial charge is 0.297 e. The minimum atomic E-state index is -3.45. The second kappa shape index (κ2) is 7.13. The van der Waals surface area contributed by atoms with E-state index in [2.05, 4.69) is 37.7 Å².